The quantitative estimate of drug-likeness (QED) is 0.545. The van der Waals surface area contributed by atoms with E-state index in [2.05, 4.69) is 38.0 Å². The highest BCUT2D eigenvalue weighted by Gasteiger charge is 2.27. The smallest absolute Gasteiger partial charge is 0.315 e. The van der Waals surface area contributed by atoms with E-state index in [0.29, 0.717) is 26.2 Å². The van der Waals surface area contributed by atoms with Gasteiger partial charge in [0.05, 0.1) is 18.8 Å². The number of likely N-dealkylation sites (tertiary alicyclic amines) is 1. The van der Waals surface area contributed by atoms with Gasteiger partial charge in [-0.25, -0.2) is 13.9 Å². The third-order valence-electron chi connectivity index (χ3n) is 6.74. The molecular weight excluding hydrogens is 447 g/mol. The Morgan fingerprint density at radius 1 is 1.11 bits per heavy atom. The largest absolute Gasteiger partial charge is 0.365 e. The maximum absolute atomic E-state index is 13.6. The van der Waals surface area contributed by atoms with E-state index in [0.717, 1.165) is 49.3 Å². The summed E-state index contributed by atoms with van der Waals surface area (Å²) in [7, 11) is 0. The molecule has 0 bridgehead atoms. The first-order chi connectivity index (χ1) is 17.1. The van der Waals surface area contributed by atoms with Crippen molar-refractivity contribution in [1.29, 1.82) is 0 Å². The summed E-state index contributed by atoms with van der Waals surface area (Å²) >= 11 is 0. The number of aromatic nitrogens is 3. The molecule has 9 heteroatoms. The van der Waals surface area contributed by atoms with E-state index in [1.54, 1.807) is 6.07 Å². The average molecular weight is 479 g/mol. The van der Waals surface area contributed by atoms with Crippen LogP contribution in [0.1, 0.15) is 41.5 Å². The number of amides is 2. The van der Waals surface area contributed by atoms with Crippen molar-refractivity contribution in [3.05, 3.63) is 82.9 Å². The second-order valence-corrected chi connectivity index (χ2v) is 9.21. The van der Waals surface area contributed by atoms with Crippen LogP contribution in [0.25, 0.3) is 0 Å². The van der Waals surface area contributed by atoms with Crippen molar-refractivity contribution >= 4 is 6.03 Å². The molecule has 8 nitrogen and oxygen atoms in total. The third-order valence-corrected chi connectivity index (χ3v) is 6.74. The van der Waals surface area contributed by atoms with Gasteiger partial charge in [0.1, 0.15) is 17.6 Å². The molecule has 3 heterocycles. The van der Waals surface area contributed by atoms with Crippen LogP contribution in [0.2, 0.25) is 0 Å². The number of rotatable bonds is 7. The minimum absolute atomic E-state index is 0.100. The third kappa shape index (κ3) is 6.04. The lowest BCUT2D eigenvalue weighted by Crippen LogP contribution is -2.48. The highest BCUT2D eigenvalue weighted by Crippen LogP contribution is 2.28. The van der Waals surface area contributed by atoms with Gasteiger partial charge >= 0.3 is 6.03 Å². The summed E-state index contributed by atoms with van der Waals surface area (Å²) in [5, 5.41) is 14.8. The number of halogens is 1. The van der Waals surface area contributed by atoms with Crippen molar-refractivity contribution in [2.24, 2.45) is 0 Å². The molecule has 0 aliphatic carbocycles. The average Bonchev–Trinajstić information content (AvgIpc) is 3.28. The van der Waals surface area contributed by atoms with Crippen LogP contribution in [0.4, 0.5) is 9.18 Å². The Hall–Kier alpha value is -3.30. The number of nitrogens with zero attached hydrogens (tertiary/aromatic N) is 4. The zero-order valence-corrected chi connectivity index (χ0v) is 19.7. The van der Waals surface area contributed by atoms with Gasteiger partial charge in [-0.3, -0.25) is 4.90 Å². The minimum atomic E-state index is -0.265. The van der Waals surface area contributed by atoms with Gasteiger partial charge in [0.2, 0.25) is 0 Å². The second kappa shape index (κ2) is 11.0. The normalized spacial score (nSPS) is 18.7. The van der Waals surface area contributed by atoms with E-state index in [4.69, 9.17) is 4.74 Å². The molecule has 0 spiro atoms. The molecular formula is C26H31FN6O2. The SMILES string of the molecule is O=C(NCCc1ccccc1)NC1CCN(Cc2nnn3c2CO[C@H](c2cccc(F)c2)C3)CC1. The maximum Gasteiger partial charge on any atom is 0.315 e. The van der Waals surface area contributed by atoms with Crippen molar-refractivity contribution in [3.63, 3.8) is 0 Å². The summed E-state index contributed by atoms with van der Waals surface area (Å²) in [6.45, 7) is 4.03. The predicted molar refractivity (Wildman–Crippen MR) is 129 cm³/mol. The first-order valence-electron chi connectivity index (χ1n) is 12.2. The number of benzene rings is 2. The summed E-state index contributed by atoms with van der Waals surface area (Å²) < 4.78 is 21.5. The number of fused-ring (bicyclic) bond motifs is 1. The van der Waals surface area contributed by atoms with Gasteiger partial charge in [0.15, 0.2) is 0 Å². The van der Waals surface area contributed by atoms with Crippen LogP contribution >= 0.6 is 0 Å². The van der Waals surface area contributed by atoms with E-state index >= 15 is 0 Å². The summed E-state index contributed by atoms with van der Waals surface area (Å²) in [6.07, 6.45) is 2.39. The standard InChI is InChI=1S/C26H31FN6O2/c27-21-8-4-7-20(15-21)25-17-33-24(18-35-25)23(30-31-33)16-32-13-10-22(11-14-32)29-26(34)28-12-9-19-5-2-1-3-6-19/h1-8,15,22,25H,9-14,16-18H2,(H2,28,29,34)/t25-/m0/s1. The van der Waals surface area contributed by atoms with Crippen LogP contribution in [0.5, 0.6) is 0 Å². The Morgan fingerprint density at radius 3 is 2.74 bits per heavy atom. The molecule has 2 aliphatic heterocycles. The fourth-order valence-corrected chi connectivity index (χ4v) is 4.74. The number of ether oxygens (including phenoxy) is 1. The van der Waals surface area contributed by atoms with E-state index in [-0.39, 0.29) is 24.0 Å². The lowest BCUT2D eigenvalue weighted by atomic mass is 10.0. The van der Waals surface area contributed by atoms with Gasteiger partial charge in [-0.1, -0.05) is 47.7 Å². The monoisotopic (exact) mass is 478 g/mol. The number of nitrogens with one attached hydrogen (secondary N) is 2. The van der Waals surface area contributed by atoms with Gasteiger partial charge < -0.3 is 15.4 Å². The summed E-state index contributed by atoms with van der Waals surface area (Å²) in [5.74, 6) is -0.265. The van der Waals surface area contributed by atoms with Crippen molar-refractivity contribution in [2.45, 2.75) is 51.1 Å². The molecule has 35 heavy (non-hydrogen) atoms. The molecule has 1 fully saturated rings. The minimum Gasteiger partial charge on any atom is -0.365 e. The summed E-state index contributed by atoms with van der Waals surface area (Å²) in [6, 6.07) is 16.7. The molecule has 2 N–H and O–H groups in total. The fraction of sp³-hybridized carbons (Fsp3) is 0.423. The van der Waals surface area contributed by atoms with E-state index in [1.807, 2.05) is 28.9 Å². The van der Waals surface area contributed by atoms with Crippen molar-refractivity contribution in [1.82, 2.24) is 30.5 Å². The maximum atomic E-state index is 13.6. The fourth-order valence-electron chi connectivity index (χ4n) is 4.74. The molecule has 1 atom stereocenters. The molecule has 0 saturated carbocycles. The van der Waals surface area contributed by atoms with Gasteiger partial charge in [-0.05, 0) is 42.5 Å². The Balaban J connectivity index is 1.06. The predicted octanol–water partition coefficient (Wildman–Crippen LogP) is 3.20. The van der Waals surface area contributed by atoms with Gasteiger partial charge in [-0.15, -0.1) is 5.10 Å². The molecule has 3 aromatic rings. The van der Waals surface area contributed by atoms with Crippen LogP contribution in [0, 0.1) is 5.82 Å². The van der Waals surface area contributed by atoms with Crippen LogP contribution in [-0.4, -0.2) is 51.6 Å². The topological polar surface area (TPSA) is 84.3 Å². The Morgan fingerprint density at radius 2 is 1.94 bits per heavy atom. The molecule has 5 rings (SSSR count). The van der Waals surface area contributed by atoms with E-state index in [9.17, 15) is 9.18 Å². The molecule has 184 valence electrons. The lowest BCUT2D eigenvalue weighted by molar-refractivity contribution is -0.00232. The molecule has 0 unspecified atom stereocenters. The summed E-state index contributed by atoms with van der Waals surface area (Å²) in [4.78, 5) is 14.6. The Labute approximate surface area is 204 Å². The highest BCUT2D eigenvalue weighted by atomic mass is 19.1. The molecule has 1 aromatic heterocycles. The first kappa shape index (κ1) is 23.4. The zero-order valence-electron chi connectivity index (χ0n) is 19.7. The molecule has 2 aromatic carbocycles. The van der Waals surface area contributed by atoms with Crippen molar-refractivity contribution in [3.8, 4) is 0 Å². The van der Waals surface area contributed by atoms with Crippen molar-refractivity contribution < 1.29 is 13.9 Å². The molecule has 1 saturated heterocycles. The van der Waals surface area contributed by atoms with E-state index in [1.165, 1.54) is 17.7 Å². The van der Waals surface area contributed by atoms with Crippen LogP contribution in [0.3, 0.4) is 0 Å². The number of hydrogen-bond acceptors (Lipinski definition) is 5. The van der Waals surface area contributed by atoms with Gasteiger partial charge in [0, 0.05) is 32.2 Å². The number of urea groups is 1. The molecule has 2 amide bonds. The van der Waals surface area contributed by atoms with Crippen LogP contribution < -0.4 is 10.6 Å². The zero-order chi connectivity index (χ0) is 24.0. The lowest BCUT2D eigenvalue weighted by Gasteiger charge is -2.32. The van der Waals surface area contributed by atoms with E-state index < -0.39 is 0 Å². The number of carbonyl (C=O) groups is 1. The van der Waals surface area contributed by atoms with Crippen LogP contribution in [0.15, 0.2) is 54.6 Å². The number of hydrogen-bond donors (Lipinski definition) is 2. The van der Waals surface area contributed by atoms with Crippen molar-refractivity contribution in [2.75, 3.05) is 19.6 Å². The van der Waals surface area contributed by atoms with Crippen LogP contribution in [-0.2, 0) is 30.9 Å². The van der Waals surface area contributed by atoms with Gasteiger partial charge in [-0.2, -0.15) is 0 Å². The Kier molecular flexibility index (Phi) is 7.34. The molecule has 0 radical (unpaired) electrons. The number of carbonyl (C=O) groups excluding carboxylic acids is 1. The second-order valence-electron chi connectivity index (χ2n) is 9.21. The molecule has 2 aliphatic rings. The first-order valence-corrected chi connectivity index (χ1v) is 12.2. The highest BCUT2D eigenvalue weighted by molar-refractivity contribution is 5.74. The van der Waals surface area contributed by atoms with Gasteiger partial charge in [0.25, 0.3) is 0 Å². The number of piperidine rings is 1. The Bertz CT molecular complexity index is 1130. The summed E-state index contributed by atoms with van der Waals surface area (Å²) in [5.41, 5.74) is 3.93.